The zero-order valence-corrected chi connectivity index (χ0v) is 15.3. The molecule has 0 saturated heterocycles. The highest BCUT2D eigenvalue weighted by molar-refractivity contribution is 7.22. The number of methoxy groups -OCH3 is 1. The Bertz CT molecular complexity index is 840. The van der Waals surface area contributed by atoms with E-state index >= 15 is 0 Å². The van der Waals surface area contributed by atoms with Crippen molar-refractivity contribution in [2.45, 2.75) is 27.2 Å². The number of aromatic nitrogens is 2. The number of benzene rings is 1. The zero-order chi connectivity index (χ0) is 16.6. The summed E-state index contributed by atoms with van der Waals surface area (Å²) in [6.45, 7) is 6.39. The van der Waals surface area contributed by atoms with Gasteiger partial charge in [0.1, 0.15) is 21.6 Å². The first-order chi connectivity index (χ1) is 11.0. The summed E-state index contributed by atoms with van der Waals surface area (Å²) in [5, 5.41) is 1.52. The Balaban J connectivity index is 2.11. The third-order valence-corrected chi connectivity index (χ3v) is 5.24. The molecule has 2 aromatic heterocycles. The van der Waals surface area contributed by atoms with Crippen molar-refractivity contribution in [1.82, 2.24) is 9.97 Å². The van der Waals surface area contributed by atoms with Crippen LogP contribution >= 0.6 is 22.9 Å². The smallest absolute Gasteiger partial charge is 0.141 e. The van der Waals surface area contributed by atoms with Crippen LogP contribution in [0.4, 0.5) is 0 Å². The maximum atomic E-state index is 6.43. The molecule has 0 bridgehead atoms. The van der Waals surface area contributed by atoms with Gasteiger partial charge in [-0.25, -0.2) is 9.97 Å². The van der Waals surface area contributed by atoms with Crippen molar-refractivity contribution in [2.24, 2.45) is 5.92 Å². The Kier molecular flexibility index (Phi) is 4.55. The number of thiophene rings is 1. The fraction of sp³-hybridized carbons (Fsp3) is 0.333. The Morgan fingerprint density at radius 3 is 2.48 bits per heavy atom. The van der Waals surface area contributed by atoms with Crippen molar-refractivity contribution in [2.75, 3.05) is 7.11 Å². The van der Waals surface area contributed by atoms with Crippen LogP contribution < -0.4 is 4.74 Å². The van der Waals surface area contributed by atoms with Crippen LogP contribution in [0.1, 0.15) is 25.2 Å². The highest BCUT2D eigenvalue weighted by Crippen LogP contribution is 2.40. The molecule has 3 nitrogen and oxygen atoms in total. The van der Waals surface area contributed by atoms with E-state index in [-0.39, 0.29) is 0 Å². The van der Waals surface area contributed by atoms with E-state index in [1.54, 1.807) is 18.4 Å². The molecule has 0 aliphatic carbocycles. The lowest BCUT2D eigenvalue weighted by Crippen LogP contribution is -2.00. The number of rotatable bonds is 4. The predicted octanol–water partition coefficient (Wildman–Crippen LogP) is 5.53. The molecule has 3 rings (SSSR count). The number of halogens is 1. The van der Waals surface area contributed by atoms with Gasteiger partial charge in [0, 0.05) is 11.3 Å². The van der Waals surface area contributed by atoms with E-state index in [0.717, 1.165) is 39.3 Å². The van der Waals surface area contributed by atoms with Crippen LogP contribution in [0.3, 0.4) is 0 Å². The van der Waals surface area contributed by atoms with Gasteiger partial charge in [0.05, 0.1) is 12.5 Å². The van der Waals surface area contributed by atoms with Gasteiger partial charge in [-0.15, -0.1) is 11.3 Å². The summed E-state index contributed by atoms with van der Waals surface area (Å²) in [6.07, 6.45) is 0.838. The van der Waals surface area contributed by atoms with Gasteiger partial charge in [0.15, 0.2) is 0 Å². The molecule has 120 valence electrons. The molecule has 0 saturated carbocycles. The fourth-order valence-corrected chi connectivity index (χ4v) is 4.20. The molecule has 0 spiro atoms. The van der Waals surface area contributed by atoms with E-state index in [4.69, 9.17) is 21.3 Å². The molecule has 0 aliphatic rings. The Labute approximate surface area is 145 Å². The Morgan fingerprint density at radius 2 is 1.87 bits per heavy atom. The molecule has 5 heteroatoms. The van der Waals surface area contributed by atoms with Gasteiger partial charge in [0.25, 0.3) is 0 Å². The van der Waals surface area contributed by atoms with Gasteiger partial charge < -0.3 is 4.74 Å². The van der Waals surface area contributed by atoms with Crippen LogP contribution in [0.25, 0.3) is 20.7 Å². The van der Waals surface area contributed by atoms with Gasteiger partial charge in [-0.1, -0.05) is 25.4 Å². The summed E-state index contributed by atoms with van der Waals surface area (Å²) in [5.41, 5.74) is 2.28. The average Bonchev–Trinajstić information content (AvgIpc) is 2.84. The molecule has 1 aromatic carbocycles. The molecule has 2 heterocycles. The monoisotopic (exact) mass is 346 g/mol. The lowest BCUT2D eigenvalue weighted by molar-refractivity contribution is 0.415. The van der Waals surface area contributed by atoms with Crippen molar-refractivity contribution in [3.63, 3.8) is 0 Å². The first-order valence-electron chi connectivity index (χ1n) is 7.59. The number of ether oxygens (including phenoxy) is 1. The second kappa shape index (κ2) is 6.46. The summed E-state index contributed by atoms with van der Waals surface area (Å²) in [4.78, 5) is 11.3. The van der Waals surface area contributed by atoms with Gasteiger partial charge in [-0.05, 0) is 48.2 Å². The van der Waals surface area contributed by atoms with E-state index in [2.05, 4.69) is 37.9 Å². The standard InChI is InChI=1S/C18H19ClN2OS/c1-10(2)9-14-20-17(19)15-11(3)16(23-18(15)21-14)12-5-7-13(22-4)8-6-12/h5-8,10H,9H2,1-4H3. The van der Waals surface area contributed by atoms with Gasteiger partial charge in [0.2, 0.25) is 0 Å². The minimum atomic E-state index is 0.505. The minimum Gasteiger partial charge on any atom is -0.497 e. The van der Waals surface area contributed by atoms with Gasteiger partial charge >= 0.3 is 0 Å². The number of hydrogen-bond donors (Lipinski definition) is 0. The lowest BCUT2D eigenvalue weighted by Gasteiger charge is -2.04. The van der Waals surface area contributed by atoms with Crippen molar-refractivity contribution in [3.05, 3.63) is 40.8 Å². The van der Waals surface area contributed by atoms with Crippen molar-refractivity contribution < 1.29 is 4.74 Å². The molecule has 0 radical (unpaired) electrons. The van der Waals surface area contributed by atoms with Crippen LogP contribution in [0.15, 0.2) is 24.3 Å². The number of aryl methyl sites for hydroxylation is 1. The fourth-order valence-electron chi connectivity index (χ4n) is 2.61. The molecular weight excluding hydrogens is 328 g/mol. The summed E-state index contributed by atoms with van der Waals surface area (Å²) in [6, 6.07) is 8.06. The van der Waals surface area contributed by atoms with Crippen LogP contribution in [0.5, 0.6) is 5.75 Å². The quantitative estimate of drug-likeness (QED) is 0.583. The largest absolute Gasteiger partial charge is 0.497 e. The van der Waals surface area contributed by atoms with Crippen molar-refractivity contribution in [1.29, 1.82) is 0 Å². The molecule has 0 fully saturated rings. The van der Waals surface area contributed by atoms with Gasteiger partial charge in [-0.3, -0.25) is 0 Å². The highest BCUT2D eigenvalue weighted by Gasteiger charge is 2.17. The molecule has 0 N–H and O–H groups in total. The highest BCUT2D eigenvalue weighted by atomic mass is 35.5. The van der Waals surface area contributed by atoms with Gasteiger partial charge in [-0.2, -0.15) is 0 Å². The second-order valence-corrected chi connectivity index (χ2v) is 7.35. The van der Waals surface area contributed by atoms with E-state index < -0.39 is 0 Å². The van der Waals surface area contributed by atoms with Crippen LogP contribution in [0.2, 0.25) is 5.15 Å². The van der Waals surface area contributed by atoms with Crippen molar-refractivity contribution in [3.8, 4) is 16.2 Å². The molecular formula is C18H19ClN2OS. The SMILES string of the molecule is COc1ccc(-c2sc3nc(CC(C)C)nc(Cl)c3c2C)cc1. The van der Waals surface area contributed by atoms with Crippen LogP contribution in [-0.2, 0) is 6.42 Å². The average molecular weight is 347 g/mol. The summed E-state index contributed by atoms with van der Waals surface area (Å²) >= 11 is 8.10. The van der Waals surface area contributed by atoms with E-state index in [1.807, 2.05) is 12.1 Å². The van der Waals surface area contributed by atoms with Crippen molar-refractivity contribution >= 4 is 33.2 Å². The van der Waals surface area contributed by atoms with Crippen LogP contribution in [0, 0.1) is 12.8 Å². The molecule has 0 atom stereocenters. The summed E-state index contributed by atoms with van der Waals surface area (Å²) in [7, 11) is 1.67. The maximum Gasteiger partial charge on any atom is 0.141 e. The predicted molar refractivity (Wildman–Crippen MR) is 97.7 cm³/mol. The third kappa shape index (κ3) is 3.19. The second-order valence-electron chi connectivity index (χ2n) is 5.99. The molecule has 3 aromatic rings. The zero-order valence-electron chi connectivity index (χ0n) is 13.7. The first kappa shape index (κ1) is 16.2. The van der Waals surface area contributed by atoms with E-state index in [1.165, 1.54) is 4.88 Å². The Hall–Kier alpha value is -1.65. The molecule has 0 aliphatic heterocycles. The van der Waals surface area contributed by atoms with E-state index in [9.17, 15) is 0 Å². The number of nitrogens with zero attached hydrogens (tertiary/aromatic N) is 2. The normalized spacial score (nSPS) is 11.4. The first-order valence-corrected chi connectivity index (χ1v) is 8.79. The number of hydrogen-bond acceptors (Lipinski definition) is 4. The maximum absolute atomic E-state index is 6.43. The lowest BCUT2D eigenvalue weighted by atomic mass is 10.1. The van der Waals surface area contributed by atoms with E-state index in [0.29, 0.717) is 11.1 Å². The third-order valence-electron chi connectivity index (χ3n) is 3.74. The minimum absolute atomic E-state index is 0.505. The molecule has 0 unspecified atom stereocenters. The summed E-state index contributed by atoms with van der Waals surface area (Å²) in [5.74, 6) is 2.18. The summed E-state index contributed by atoms with van der Waals surface area (Å²) < 4.78 is 5.23. The molecule has 0 amide bonds. The van der Waals surface area contributed by atoms with Crippen LogP contribution in [-0.4, -0.2) is 17.1 Å². The molecule has 23 heavy (non-hydrogen) atoms. The Morgan fingerprint density at radius 1 is 1.17 bits per heavy atom. The number of fused-ring (bicyclic) bond motifs is 1. The topological polar surface area (TPSA) is 35.0 Å².